The zero-order valence-electron chi connectivity index (χ0n) is 11.7. The summed E-state index contributed by atoms with van der Waals surface area (Å²) in [6.07, 6.45) is 0. The maximum Gasteiger partial charge on any atom is 0.0551 e. The highest BCUT2D eigenvalue weighted by atomic mass is 79.9. The molecular weight excluding hydrogens is 298 g/mol. The molecule has 100 valence electrons. The molecule has 0 aliphatic carbocycles. The molecule has 0 aliphatic heterocycles. The van der Waals surface area contributed by atoms with E-state index in [2.05, 4.69) is 79.2 Å². The van der Waals surface area contributed by atoms with Crippen LogP contribution in [0.3, 0.4) is 0 Å². The Morgan fingerprint density at radius 2 is 1.42 bits per heavy atom. The van der Waals surface area contributed by atoms with Crippen LogP contribution in [0.15, 0.2) is 46.9 Å². The van der Waals surface area contributed by atoms with Gasteiger partial charge in [-0.1, -0.05) is 66.2 Å². The maximum atomic E-state index is 6.35. The van der Waals surface area contributed by atoms with E-state index >= 15 is 0 Å². The number of rotatable bonds is 3. The molecule has 0 spiro atoms. The van der Waals surface area contributed by atoms with Crippen LogP contribution in [0, 0.1) is 6.92 Å². The van der Waals surface area contributed by atoms with Crippen LogP contribution in [0.4, 0.5) is 0 Å². The van der Waals surface area contributed by atoms with Crippen molar-refractivity contribution in [1.82, 2.24) is 0 Å². The van der Waals surface area contributed by atoms with Gasteiger partial charge in [0.15, 0.2) is 0 Å². The summed E-state index contributed by atoms with van der Waals surface area (Å²) in [5.74, 6) is 0.556. The molecule has 2 rings (SSSR count). The van der Waals surface area contributed by atoms with Crippen molar-refractivity contribution in [3.63, 3.8) is 0 Å². The van der Waals surface area contributed by atoms with Crippen LogP contribution in [0.1, 0.15) is 48.1 Å². The Labute approximate surface area is 124 Å². The van der Waals surface area contributed by atoms with Crippen LogP contribution < -0.4 is 5.73 Å². The van der Waals surface area contributed by atoms with E-state index in [0.29, 0.717) is 5.92 Å². The molecule has 0 aromatic heterocycles. The zero-order chi connectivity index (χ0) is 14.0. The monoisotopic (exact) mass is 317 g/mol. The fourth-order valence-corrected chi connectivity index (χ4v) is 2.39. The van der Waals surface area contributed by atoms with E-state index in [1.165, 1.54) is 11.1 Å². The lowest BCUT2D eigenvalue weighted by atomic mass is 9.95. The van der Waals surface area contributed by atoms with Crippen molar-refractivity contribution in [3.8, 4) is 0 Å². The van der Waals surface area contributed by atoms with Gasteiger partial charge in [-0.05, 0) is 41.2 Å². The predicted molar refractivity (Wildman–Crippen MR) is 85.4 cm³/mol. The lowest BCUT2D eigenvalue weighted by Crippen LogP contribution is -2.12. The first-order chi connectivity index (χ1) is 8.99. The van der Waals surface area contributed by atoms with Gasteiger partial charge in [0.1, 0.15) is 0 Å². The van der Waals surface area contributed by atoms with Crippen molar-refractivity contribution in [3.05, 3.63) is 69.2 Å². The van der Waals surface area contributed by atoms with Crippen molar-refractivity contribution in [2.24, 2.45) is 5.73 Å². The molecule has 2 aromatic carbocycles. The third-order valence-corrected chi connectivity index (χ3v) is 4.39. The smallest absolute Gasteiger partial charge is 0.0551 e. The van der Waals surface area contributed by atoms with Gasteiger partial charge in [-0.25, -0.2) is 0 Å². The Hall–Kier alpha value is -1.12. The van der Waals surface area contributed by atoms with Gasteiger partial charge in [-0.3, -0.25) is 0 Å². The molecule has 0 heterocycles. The Bertz CT molecular complexity index is 558. The second-order valence-electron chi connectivity index (χ2n) is 5.31. The molecule has 0 bridgehead atoms. The number of nitrogens with two attached hydrogens (primary N) is 1. The lowest BCUT2D eigenvalue weighted by Gasteiger charge is -2.15. The lowest BCUT2D eigenvalue weighted by molar-refractivity contribution is 0.846. The molecule has 0 fully saturated rings. The number of benzene rings is 2. The topological polar surface area (TPSA) is 26.0 Å². The standard InChI is InChI=1S/C17H20BrN/c1-11(2)13-4-6-14(7-5-13)17(19)15-8-9-16(18)12(3)10-15/h4-11,17H,19H2,1-3H3. The fraction of sp³-hybridized carbons (Fsp3) is 0.294. The van der Waals surface area contributed by atoms with E-state index < -0.39 is 0 Å². The van der Waals surface area contributed by atoms with E-state index in [1.54, 1.807) is 0 Å². The van der Waals surface area contributed by atoms with E-state index in [0.717, 1.165) is 15.6 Å². The predicted octanol–water partition coefficient (Wildman–Crippen LogP) is 4.93. The molecule has 0 aliphatic rings. The van der Waals surface area contributed by atoms with Gasteiger partial charge < -0.3 is 5.73 Å². The normalized spacial score (nSPS) is 12.7. The average molecular weight is 318 g/mol. The van der Waals surface area contributed by atoms with Gasteiger partial charge in [0.05, 0.1) is 6.04 Å². The van der Waals surface area contributed by atoms with Gasteiger partial charge in [0.25, 0.3) is 0 Å². The van der Waals surface area contributed by atoms with Crippen LogP contribution in [0.2, 0.25) is 0 Å². The van der Waals surface area contributed by atoms with Crippen molar-refractivity contribution in [2.45, 2.75) is 32.7 Å². The molecule has 2 aromatic rings. The first kappa shape index (κ1) is 14.3. The first-order valence-electron chi connectivity index (χ1n) is 6.60. The number of halogens is 1. The highest BCUT2D eigenvalue weighted by Gasteiger charge is 2.10. The van der Waals surface area contributed by atoms with Crippen LogP contribution in [-0.2, 0) is 0 Å². The molecule has 1 nitrogen and oxygen atoms in total. The van der Waals surface area contributed by atoms with Crippen LogP contribution in [0.25, 0.3) is 0 Å². The van der Waals surface area contributed by atoms with Crippen molar-refractivity contribution in [2.75, 3.05) is 0 Å². The highest BCUT2D eigenvalue weighted by Crippen LogP contribution is 2.25. The largest absolute Gasteiger partial charge is 0.320 e. The third-order valence-electron chi connectivity index (χ3n) is 3.50. The minimum atomic E-state index is -0.0620. The summed E-state index contributed by atoms with van der Waals surface area (Å²) >= 11 is 3.52. The van der Waals surface area contributed by atoms with Gasteiger partial charge in [0.2, 0.25) is 0 Å². The molecule has 0 radical (unpaired) electrons. The molecule has 0 saturated carbocycles. The highest BCUT2D eigenvalue weighted by molar-refractivity contribution is 9.10. The van der Waals surface area contributed by atoms with Crippen molar-refractivity contribution in [1.29, 1.82) is 0 Å². The second kappa shape index (κ2) is 5.89. The van der Waals surface area contributed by atoms with Crippen LogP contribution >= 0.6 is 15.9 Å². The second-order valence-corrected chi connectivity index (χ2v) is 6.16. The van der Waals surface area contributed by atoms with Crippen LogP contribution in [-0.4, -0.2) is 0 Å². The van der Waals surface area contributed by atoms with Gasteiger partial charge >= 0.3 is 0 Å². The van der Waals surface area contributed by atoms with Crippen molar-refractivity contribution >= 4 is 15.9 Å². The summed E-state index contributed by atoms with van der Waals surface area (Å²) in [4.78, 5) is 0. The SMILES string of the molecule is Cc1cc(C(N)c2ccc(C(C)C)cc2)ccc1Br. The zero-order valence-corrected chi connectivity index (χ0v) is 13.2. The first-order valence-corrected chi connectivity index (χ1v) is 7.40. The molecule has 0 amide bonds. The fourth-order valence-electron chi connectivity index (χ4n) is 2.14. The van der Waals surface area contributed by atoms with E-state index in [1.807, 2.05) is 0 Å². The van der Waals surface area contributed by atoms with Gasteiger partial charge in [-0.2, -0.15) is 0 Å². The maximum absolute atomic E-state index is 6.35. The Morgan fingerprint density at radius 3 is 1.95 bits per heavy atom. The minimum Gasteiger partial charge on any atom is -0.320 e. The Balaban J connectivity index is 2.27. The van der Waals surface area contributed by atoms with Crippen molar-refractivity contribution < 1.29 is 0 Å². The summed E-state index contributed by atoms with van der Waals surface area (Å²) in [6.45, 7) is 6.49. The third kappa shape index (κ3) is 3.26. The molecule has 1 unspecified atom stereocenters. The van der Waals surface area contributed by atoms with Gasteiger partial charge in [-0.15, -0.1) is 0 Å². The Morgan fingerprint density at radius 1 is 0.895 bits per heavy atom. The molecule has 0 saturated heterocycles. The summed E-state index contributed by atoms with van der Waals surface area (Å²) in [5.41, 5.74) is 11.2. The molecule has 2 heteroatoms. The molecule has 19 heavy (non-hydrogen) atoms. The van der Waals surface area contributed by atoms with E-state index in [9.17, 15) is 0 Å². The summed E-state index contributed by atoms with van der Waals surface area (Å²) in [6, 6.07) is 14.8. The van der Waals surface area contributed by atoms with Crippen LogP contribution in [0.5, 0.6) is 0 Å². The summed E-state index contributed by atoms with van der Waals surface area (Å²) < 4.78 is 1.12. The summed E-state index contributed by atoms with van der Waals surface area (Å²) in [7, 11) is 0. The minimum absolute atomic E-state index is 0.0620. The number of hydrogen-bond donors (Lipinski definition) is 1. The molecule has 2 N–H and O–H groups in total. The summed E-state index contributed by atoms with van der Waals surface area (Å²) in [5, 5.41) is 0. The molecule has 1 atom stereocenters. The van der Waals surface area contributed by atoms with E-state index in [4.69, 9.17) is 5.73 Å². The number of aryl methyl sites for hydroxylation is 1. The average Bonchev–Trinajstić information content (AvgIpc) is 2.41. The number of hydrogen-bond acceptors (Lipinski definition) is 1. The quantitative estimate of drug-likeness (QED) is 0.853. The Kier molecular flexibility index (Phi) is 4.43. The van der Waals surface area contributed by atoms with E-state index in [-0.39, 0.29) is 6.04 Å². The van der Waals surface area contributed by atoms with Gasteiger partial charge in [0, 0.05) is 4.47 Å². The molecular formula is C17H20BrN.